The Labute approximate surface area is 120 Å². The molecule has 3 aliphatic rings. The maximum atomic E-state index is 10.2. The lowest BCUT2D eigenvalue weighted by atomic mass is 9.54. The molecule has 1 aliphatic heterocycles. The quantitative estimate of drug-likeness (QED) is 0.824. The van der Waals surface area contributed by atoms with Crippen molar-refractivity contribution < 1.29 is 9.84 Å². The van der Waals surface area contributed by atoms with Crippen LogP contribution >= 0.6 is 0 Å². The van der Waals surface area contributed by atoms with Crippen molar-refractivity contribution in [2.75, 3.05) is 0 Å². The molecule has 1 aromatic rings. The van der Waals surface area contributed by atoms with Gasteiger partial charge in [0.15, 0.2) is 11.5 Å². The molecule has 4 unspecified atom stereocenters. The SMILES string of the molecule is CCCC12c3c4ccc(O)c3OC1C=CCC2C(C)C4. The van der Waals surface area contributed by atoms with Gasteiger partial charge in [0.1, 0.15) is 6.10 Å². The van der Waals surface area contributed by atoms with E-state index in [9.17, 15) is 5.11 Å². The van der Waals surface area contributed by atoms with Gasteiger partial charge in [-0.05, 0) is 48.8 Å². The van der Waals surface area contributed by atoms with Gasteiger partial charge in [0.25, 0.3) is 0 Å². The molecule has 20 heavy (non-hydrogen) atoms. The van der Waals surface area contributed by atoms with Crippen molar-refractivity contribution in [2.24, 2.45) is 11.8 Å². The molecule has 0 amide bonds. The Bertz CT molecular complexity index is 589. The molecule has 4 rings (SSSR count). The summed E-state index contributed by atoms with van der Waals surface area (Å²) < 4.78 is 6.20. The highest BCUT2D eigenvalue weighted by Gasteiger charge is 2.58. The van der Waals surface area contributed by atoms with E-state index >= 15 is 0 Å². The number of rotatable bonds is 2. The van der Waals surface area contributed by atoms with E-state index in [0.717, 1.165) is 31.4 Å². The van der Waals surface area contributed by atoms with Crippen molar-refractivity contribution in [1.82, 2.24) is 0 Å². The lowest BCUT2D eigenvalue weighted by Crippen LogP contribution is -2.50. The number of ether oxygens (including phenoxy) is 1. The summed E-state index contributed by atoms with van der Waals surface area (Å²) >= 11 is 0. The van der Waals surface area contributed by atoms with Gasteiger partial charge < -0.3 is 9.84 Å². The number of hydrogen-bond donors (Lipinski definition) is 1. The van der Waals surface area contributed by atoms with E-state index in [1.54, 1.807) is 0 Å². The maximum absolute atomic E-state index is 10.2. The average molecular weight is 270 g/mol. The van der Waals surface area contributed by atoms with Crippen LogP contribution in [0.5, 0.6) is 11.5 Å². The highest BCUT2D eigenvalue weighted by molar-refractivity contribution is 5.60. The normalized spacial score (nSPS) is 36.6. The average Bonchev–Trinajstić information content (AvgIpc) is 2.77. The van der Waals surface area contributed by atoms with E-state index in [4.69, 9.17) is 4.74 Å². The van der Waals surface area contributed by atoms with Crippen LogP contribution in [0.3, 0.4) is 0 Å². The fourth-order valence-corrected chi connectivity index (χ4v) is 5.05. The van der Waals surface area contributed by atoms with Crippen molar-refractivity contribution in [3.63, 3.8) is 0 Å². The molecule has 0 fully saturated rings. The van der Waals surface area contributed by atoms with Crippen LogP contribution < -0.4 is 4.74 Å². The minimum atomic E-state index is 0.102. The van der Waals surface area contributed by atoms with Crippen LogP contribution in [-0.2, 0) is 11.8 Å². The molecule has 0 saturated carbocycles. The van der Waals surface area contributed by atoms with Gasteiger partial charge in [-0.25, -0.2) is 0 Å². The second-order valence-corrected chi connectivity index (χ2v) is 6.73. The zero-order valence-electron chi connectivity index (χ0n) is 12.2. The number of aromatic hydroxyl groups is 1. The number of allylic oxidation sites excluding steroid dienone is 1. The molecule has 106 valence electrons. The summed E-state index contributed by atoms with van der Waals surface area (Å²) in [5.41, 5.74) is 2.83. The van der Waals surface area contributed by atoms with Gasteiger partial charge in [0.2, 0.25) is 0 Å². The molecule has 2 heteroatoms. The first-order chi connectivity index (χ1) is 9.68. The van der Waals surface area contributed by atoms with Crippen LogP contribution in [-0.4, -0.2) is 11.2 Å². The highest BCUT2D eigenvalue weighted by Crippen LogP contribution is 2.61. The highest BCUT2D eigenvalue weighted by atomic mass is 16.5. The Morgan fingerprint density at radius 2 is 2.25 bits per heavy atom. The Hall–Kier alpha value is -1.44. The van der Waals surface area contributed by atoms with E-state index in [0.29, 0.717) is 17.6 Å². The smallest absolute Gasteiger partial charge is 0.166 e. The molecule has 2 nitrogen and oxygen atoms in total. The number of phenols is 1. The van der Waals surface area contributed by atoms with Crippen molar-refractivity contribution in [2.45, 2.75) is 51.0 Å². The summed E-state index contributed by atoms with van der Waals surface area (Å²) in [6.07, 6.45) is 9.21. The first kappa shape index (κ1) is 12.3. The third-order valence-electron chi connectivity index (χ3n) is 5.70. The first-order valence-corrected chi connectivity index (χ1v) is 7.87. The Morgan fingerprint density at radius 3 is 3.05 bits per heavy atom. The lowest BCUT2D eigenvalue weighted by Gasteiger charge is -2.49. The van der Waals surface area contributed by atoms with Gasteiger partial charge in [-0.1, -0.05) is 32.4 Å². The van der Waals surface area contributed by atoms with E-state index in [-0.39, 0.29) is 11.5 Å². The molecule has 0 spiro atoms. The number of benzene rings is 1. The Kier molecular flexibility index (Phi) is 2.48. The van der Waals surface area contributed by atoms with Crippen LogP contribution in [0.1, 0.15) is 44.2 Å². The zero-order valence-corrected chi connectivity index (χ0v) is 12.2. The van der Waals surface area contributed by atoms with Crippen molar-refractivity contribution in [1.29, 1.82) is 0 Å². The molecule has 1 N–H and O–H groups in total. The van der Waals surface area contributed by atoms with Crippen molar-refractivity contribution in [3.05, 3.63) is 35.4 Å². The van der Waals surface area contributed by atoms with Crippen LogP contribution in [0, 0.1) is 11.8 Å². The fourth-order valence-electron chi connectivity index (χ4n) is 5.05. The molecule has 0 saturated heterocycles. The molecule has 1 aromatic carbocycles. The van der Waals surface area contributed by atoms with Crippen LogP contribution in [0.4, 0.5) is 0 Å². The van der Waals surface area contributed by atoms with E-state index < -0.39 is 0 Å². The predicted molar refractivity (Wildman–Crippen MR) is 79.2 cm³/mol. The zero-order chi connectivity index (χ0) is 13.9. The molecule has 4 atom stereocenters. The van der Waals surface area contributed by atoms with E-state index in [1.807, 2.05) is 6.07 Å². The van der Waals surface area contributed by atoms with Gasteiger partial charge in [-0.3, -0.25) is 0 Å². The molecule has 0 radical (unpaired) electrons. The van der Waals surface area contributed by atoms with Crippen LogP contribution in [0.2, 0.25) is 0 Å². The Balaban J connectivity index is 2.02. The van der Waals surface area contributed by atoms with Crippen molar-refractivity contribution >= 4 is 0 Å². The summed E-state index contributed by atoms with van der Waals surface area (Å²) in [7, 11) is 0. The molecular formula is C18H22O2. The third-order valence-corrected chi connectivity index (χ3v) is 5.70. The van der Waals surface area contributed by atoms with E-state index in [1.165, 1.54) is 11.1 Å². The van der Waals surface area contributed by atoms with Gasteiger partial charge in [0.05, 0.1) is 0 Å². The first-order valence-electron chi connectivity index (χ1n) is 7.87. The second-order valence-electron chi connectivity index (χ2n) is 6.73. The Morgan fingerprint density at radius 1 is 1.40 bits per heavy atom. The monoisotopic (exact) mass is 270 g/mol. The van der Waals surface area contributed by atoms with Gasteiger partial charge in [-0.15, -0.1) is 0 Å². The number of hydrogen-bond acceptors (Lipinski definition) is 2. The minimum absolute atomic E-state index is 0.102. The second kappa shape index (κ2) is 4.03. The molecular weight excluding hydrogens is 248 g/mol. The van der Waals surface area contributed by atoms with Gasteiger partial charge >= 0.3 is 0 Å². The summed E-state index contributed by atoms with van der Waals surface area (Å²) in [4.78, 5) is 0. The molecule has 2 aliphatic carbocycles. The molecule has 0 aromatic heterocycles. The van der Waals surface area contributed by atoms with Crippen LogP contribution in [0.25, 0.3) is 0 Å². The van der Waals surface area contributed by atoms with Crippen molar-refractivity contribution in [3.8, 4) is 11.5 Å². The van der Waals surface area contributed by atoms with Gasteiger partial charge in [0, 0.05) is 11.0 Å². The predicted octanol–water partition coefficient (Wildman–Crippen LogP) is 3.96. The van der Waals surface area contributed by atoms with E-state index in [2.05, 4.69) is 32.1 Å². The maximum Gasteiger partial charge on any atom is 0.166 e. The summed E-state index contributed by atoms with van der Waals surface area (Å²) in [6.45, 7) is 4.64. The molecule has 0 bridgehead atoms. The standard InChI is InChI=1S/C18H22O2/c1-3-9-18-13-5-4-6-15(18)20-17-14(19)8-7-12(16(17)18)10-11(13)2/h4,6-8,11,13,15,19H,3,5,9-10H2,1-2H3. The molecule has 1 heterocycles. The minimum Gasteiger partial charge on any atom is -0.504 e. The summed E-state index contributed by atoms with van der Waals surface area (Å²) in [6, 6.07) is 3.92. The topological polar surface area (TPSA) is 29.5 Å². The lowest BCUT2D eigenvalue weighted by molar-refractivity contribution is 0.0757. The van der Waals surface area contributed by atoms with Gasteiger partial charge in [-0.2, -0.15) is 0 Å². The largest absolute Gasteiger partial charge is 0.504 e. The van der Waals surface area contributed by atoms with Crippen LogP contribution in [0.15, 0.2) is 24.3 Å². The third kappa shape index (κ3) is 1.30. The number of phenolic OH excluding ortho intramolecular Hbond substituents is 1. The fraction of sp³-hybridized carbons (Fsp3) is 0.556. The summed E-state index contributed by atoms with van der Waals surface area (Å²) in [5.74, 6) is 2.41. The summed E-state index contributed by atoms with van der Waals surface area (Å²) in [5, 5.41) is 10.2.